The quantitative estimate of drug-likeness (QED) is 0.884. The Labute approximate surface area is 134 Å². The number of rotatable bonds is 5. The molecule has 2 N–H and O–H groups in total. The lowest BCUT2D eigenvalue weighted by molar-refractivity contribution is 0.0531. The molecule has 23 heavy (non-hydrogen) atoms. The third kappa shape index (κ3) is 4.79. The average Bonchev–Trinajstić information content (AvgIpc) is 2.96. The van der Waals surface area contributed by atoms with Crippen molar-refractivity contribution < 1.29 is 14.3 Å². The Morgan fingerprint density at radius 3 is 2.78 bits per heavy atom. The first-order chi connectivity index (χ1) is 10.8. The third-order valence-electron chi connectivity index (χ3n) is 3.21. The van der Waals surface area contributed by atoms with Gasteiger partial charge in [0.05, 0.1) is 24.2 Å². The lowest BCUT2D eigenvalue weighted by atomic mass is 10.1. The maximum absolute atomic E-state index is 14.1. The average molecular weight is 320 g/mol. The lowest BCUT2D eigenvalue weighted by Gasteiger charge is -2.25. The van der Waals surface area contributed by atoms with Crippen molar-refractivity contribution in [2.45, 2.75) is 26.0 Å². The number of urea groups is 1. The molecule has 2 rings (SSSR count). The van der Waals surface area contributed by atoms with Gasteiger partial charge in [-0.15, -0.1) is 0 Å². The van der Waals surface area contributed by atoms with Crippen LogP contribution in [-0.4, -0.2) is 44.8 Å². The largest absolute Gasteiger partial charge is 0.389 e. The Kier molecular flexibility index (Phi) is 5.00. The fourth-order valence-corrected chi connectivity index (χ4v) is 2.24. The summed E-state index contributed by atoms with van der Waals surface area (Å²) in [5.74, 6) is -0.389. The van der Waals surface area contributed by atoms with Crippen LogP contribution in [0.15, 0.2) is 36.9 Å². The summed E-state index contributed by atoms with van der Waals surface area (Å²) in [5, 5.41) is 12.4. The summed E-state index contributed by atoms with van der Waals surface area (Å²) >= 11 is 0. The molecule has 2 amide bonds. The highest BCUT2D eigenvalue weighted by atomic mass is 19.1. The fourth-order valence-electron chi connectivity index (χ4n) is 2.24. The predicted molar refractivity (Wildman–Crippen MR) is 84.7 cm³/mol. The normalized spacial score (nSPS) is 11.3. The number of aromatic nitrogens is 2. The number of hydrogen-bond acceptors (Lipinski definition) is 3. The molecular formula is C16H21FN4O2. The zero-order valence-electron chi connectivity index (χ0n) is 13.5. The molecule has 0 unspecified atom stereocenters. The van der Waals surface area contributed by atoms with E-state index in [-0.39, 0.29) is 24.9 Å². The van der Waals surface area contributed by atoms with Gasteiger partial charge in [-0.25, -0.2) is 14.2 Å². The second-order valence-corrected chi connectivity index (χ2v) is 6.08. The van der Waals surface area contributed by atoms with E-state index in [2.05, 4.69) is 10.3 Å². The van der Waals surface area contributed by atoms with E-state index in [1.54, 1.807) is 50.0 Å². The maximum atomic E-state index is 14.1. The standard InChI is InChI=1S/C16H21FN4O2/c1-16(2,23)10-20(3)15(22)19-9-12-4-5-14(13(17)8-12)21-7-6-18-11-21/h4-8,11,23H,9-10H2,1-3H3,(H,19,22). The van der Waals surface area contributed by atoms with Crippen molar-refractivity contribution >= 4 is 6.03 Å². The molecule has 0 aliphatic rings. The van der Waals surface area contributed by atoms with E-state index in [1.165, 1.54) is 17.3 Å². The highest BCUT2D eigenvalue weighted by molar-refractivity contribution is 5.73. The molecule has 0 spiro atoms. The molecule has 2 aromatic rings. The first-order valence-electron chi connectivity index (χ1n) is 7.24. The van der Waals surface area contributed by atoms with Gasteiger partial charge < -0.3 is 19.9 Å². The van der Waals surface area contributed by atoms with Crippen LogP contribution in [0.4, 0.5) is 9.18 Å². The Hall–Kier alpha value is -2.41. The third-order valence-corrected chi connectivity index (χ3v) is 3.21. The second kappa shape index (κ2) is 6.78. The number of amides is 2. The van der Waals surface area contributed by atoms with Crippen LogP contribution >= 0.6 is 0 Å². The number of halogens is 1. The molecule has 0 aliphatic carbocycles. The van der Waals surface area contributed by atoms with Crippen molar-refractivity contribution in [1.82, 2.24) is 19.8 Å². The van der Waals surface area contributed by atoms with E-state index in [9.17, 15) is 14.3 Å². The number of imidazole rings is 1. The Bertz CT molecular complexity index is 665. The van der Waals surface area contributed by atoms with Gasteiger partial charge in [-0.05, 0) is 31.5 Å². The number of carbonyl (C=O) groups is 1. The summed E-state index contributed by atoms with van der Waals surface area (Å²) in [4.78, 5) is 17.2. The summed E-state index contributed by atoms with van der Waals surface area (Å²) in [5.41, 5.74) is 0.0816. The molecule has 1 aromatic heterocycles. The number of carbonyl (C=O) groups excluding carboxylic acids is 1. The summed E-state index contributed by atoms with van der Waals surface area (Å²) in [6.45, 7) is 3.66. The molecule has 0 radical (unpaired) electrons. The van der Waals surface area contributed by atoms with Crippen LogP contribution < -0.4 is 5.32 Å². The van der Waals surface area contributed by atoms with E-state index in [1.807, 2.05) is 0 Å². The fraction of sp³-hybridized carbons (Fsp3) is 0.375. The SMILES string of the molecule is CN(CC(C)(C)O)C(=O)NCc1ccc(-n2ccnc2)c(F)c1. The topological polar surface area (TPSA) is 70.4 Å². The second-order valence-electron chi connectivity index (χ2n) is 6.08. The lowest BCUT2D eigenvalue weighted by Crippen LogP contribution is -2.44. The van der Waals surface area contributed by atoms with Crippen molar-refractivity contribution in [3.63, 3.8) is 0 Å². The molecule has 124 valence electrons. The molecule has 0 atom stereocenters. The Morgan fingerprint density at radius 2 is 2.22 bits per heavy atom. The molecule has 7 heteroatoms. The molecule has 0 bridgehead atoms. The molecule has 0 saturated heterocycles. The van der Waals surface area contributed by atoms with Crippen molar-refractivity contribution in [3.05, 3.63) is 48.3 Å². The highest BCUT2D eigenvalue weighted by Crippen LogP contribution is 2.15. The molecular weight excluding hydrogens is 299 g/mol. The number of hydrogen-bond donors (Lipinski definition) is 2. The molecule has 0 aliphatic heterocycles. The Balaban J connectivity index is 1.96. The van der Waals surface area contributed by atoms with Crippen molar-refractivity contribution in [2.24, 2.45) is 0 Å². The van der Waals surface area contributed by atoms with Crippen LogP contribution in [0.25, 0.3) is 5.69 Å². The van der Waals surface area contributed by atoms with E-state index < -0.39 is 5.60 Å². The van der Waals surface area contributed by atoms with Gasteiger partial charge in [-0.3, -0.25) is 0 Å². The summed E-state index contributed by atoms with van der Waals surface area (Å²) in [7, 11) is 1.59. The van der Waals surface area contributed by atoms with Crippen LogP contribution in [0.5, 0.6) is 0 Å². The number of nitrogens with zero attached hydrogens (tertiary/aromatic N) is 3. The highest BCUT2D eigenvalue weighted by Gasteiger charge is 2.19. The molecule has 1 heterocycles. The van der Waals surface area contributed by atoms with E-state index in [0.717, 1.165) is 0 Å². The van der Waals surface area contributed by atoms with Gasteiger partial charge in [-0.2, -0.15) is 0 Å². The molecule has 6 nitrogen and oxygen atoms in total. The number of likely N-dealkylation sites (N-methyl/N-ethyl adjacent to an activating group) is 1. The minimum absolute atomic E-state index is 0.201. The van der Waals surface area contributed by atoms with E-state index in [0.29, 0.717) is 11.3 Å². The smallest absolute Gasteiger partial charge is 0.317 e. The number of nitrogens with one attached hydrogen (secondary N) is 1. The minimum Gasteiger partial charge on any atom is -0.389 e. The van der Waals surface area contributed by atoms with Gasteiger partial charge >= 0.3 is 6.03 Å². The van der Waals surface area contributed by atoms with Crippen LogP contribution in [0, 0.1) is 5.82 Å². The minimum atomic E-state index is -0.968. The number of aliphatic hydroxyl groups is 1. The predicted octanol–water partition coefficient (Wildman–Crippen LogP) is 1.92. The summed E-state index contributed by atoms with van der Waals surface area (Å²) in [6, 6.07) is 4.44. The van der Waals surface area contributed by atoms with Gasteiger partial charge in [0.25, 0.3) is 0 Å². The zero-order valence-corrected chi connectivity index (χ0v) is 13.5. The summed E-state index contributed by atoms with van der Waals surface area (Å²) < 4.78 is 15.7. The van der Waals surface area contributed by atoms with Gasteiger partial charge in [0.2, 0.25) is 0 Å². The van der Waals surface area contributed by atoms with Gasteiger partial charge in [0, 0.05) is 26.0 Å². The van der Waals surface area contributed by atoms with Crippen molar-refractivity contribution in [1.29, 1.82) is 0 Å². The van der Waals surface area contributed by atoms with Gasteiger partial charge in [0.15, 0.2) is 0 Å². The molecule has 1 aromatic carbocycles. The van der Waals surface area contributed by atoms with E-state index >= 15 is 0 Å². The zero-order chi connectivity index (χ0) is 17.0. The summed E-state index contributed by atoms with van der Waals surface area (Å²) in [6.07, 6.45) is 4.75. The van der Waals surface area contributed by atoms with Gasteiger partial charge in [-0.1, -0.05) is 6.07 Å². The van der Waals surface area contributed by atoms with Crippen LogP contribution in [0.2, 0.25) is 0 Å². The molecule has 0 saturated carbocycles. The first-order valence-corrected chi connectivity index (χ1v) is 7.24. The van der Waals surface area contributed by atoms with Crippen LogP contribution in [-0.2, 0) is 6.54 Å². The van der Waals surface area contributed by atoms with Gasteiger partial charge in [0.1, 0.15) is 5.82 Å². The monoisotopic (exact) mass is 320 g/mol. The van der Waals surface area contributed by atoms with Crippen LogP contribution in [0.3, 0.4) is 0 Å². The first kappa shape index (κ1) is 17.0. The maximum Gasteiger partial charge on any atom is 0.317 e. The molecule has 0 fully saturated rings. The van der Waals surface area contributed by atoms with E-state index in [4.69, 9.17) is 0 Å². The Morgan fingerprint density at radius 1 is 1.48 bits per heavy atom. The van der Waals surface area contributed by atoms with Crippen LogP contribution in [0.1, 0.15) is 19.4 Å². The van der Waals surface area contributed by atoms with Crippen molar-refractivity contribution in [3.8, 4) is 5.69 Å². The number of benzene rings is 1. The van der Waals surface area contributed by atoms with Crippen molar-refractivity contribution in [2.75, 3.05) is 13.6 Å².